The van der Waals surface area contributed by atoms with Crippen molar-refractivity contribution in [3.63, 3.8) is 0 Å². The average molecular weight is 701 g/mol. The number of para-hydroxylation sites is 1. The number of aryl methyl sites for hydroxylation is 1. The van der Waals surface area contributed by atoms with Crippen LogP contribution >= 0.6 is 34.8 Å². The second kappa shape index (κ2) is 15.8. The lowest BCUT2D eigenvalue weighted by Crippen LogP contribution is -2.54. The lowest BCUT2D eigenvalue weighted by molar-refractivity contribution is -0.140. The van der Waals surface area contributed by atoms with Gasteiger partial charge < -0.3 is 10.2 Å². The third-order valence-corrected chi connectivity index (χ3v) is 10.3. The molecule has 0 aromatic heterocycles. The Hall–Kier alpha value is -3.56. The zero-order valence-electron chi connectivity index (χ0n) is 25.8. The highest BCUT2D eigenvalue weighted by Gasteiger charge is 2.35. The molecule has 4 rings (SSSR count). The van der Waals surface area contributed by atoms with Crippen molar-refractivity contribution in [1.29, 1.82) is 0 Å². The Bertz CT molecular complexity index is 1770. The molecule has 0 spiro atoms. The van der Waals surface area contributed by atoms with Crippen LogP contribution in [0.3, 0.4) is 0 Å². The molecule has 0 saturated heterocycles. The Kier molecular flexibility index (Phi) is 12.1. The maximum Gasteiger partial charge on any atom is 0.264 e. The summed E-state index contributed by atoms with van der Waals surface area (Å²) in [6.07, 6.45) is 0.854. The molecule has 0 heterocycles. The van der Waals surface area contributed by atoms with Gasteiger partial charge in [0.25, 0.3) is 10.0 Å². The number of sulfonamides is 1. The number of rotatable bonds is 13. The fourth-order valence-corrected chi connectivity index (χ4v) is 7.02. The molecule has 0 aliphatic rings. The SMILES string of the molecule is CC[C@H](C)NC(=O)[C@@H](Cc1ccccc1)N(Cc1ccc(Cl)cc1Cl)C(=O)CN(c1ccccc1Cl)S(=O)(=O)c1ccc(C)cc1. The number of nitrogens with one attached hydrogen (secondary N) is 1. The summed E-state index contributed by atoms with van der Waals surface area (Å²) in [4.78, 5) is 29.9. The van der Waals surface area contributed by atoms with Gasteiger partial charge in [0.05, 0.1) is 15.6 Å². The van der Waals surface area contributed by atoms with Gasteiger partial charge in [-0.2, -0.15) is 0 Å². The number of amides is 2. The maximum absolute atomic E-state index is 14.6. The molecule has 0 saturated carbocycles. The van der Waals surface area contributed by atoms with E-state index in [0.29, 0.717) is 22.0 Å². The molecule has 0 aliphatic heterocycles. The van der Waals surface area contributed by atoms with Crippen LogP contribution in [0.15, 0.2) is 102 Å². The zero-order chi connectivity index (χ0) is 33.4. The molecule has 11 heteroatoms. The summed E-state index contributed by atoms with van der Waals surface area (Å²) in [5.41, 5.74) is 2.37. The van der Waals surface area contributed by atoms with Crippen molar-refractivity contribution in [3.05, 3.63) is 129 Å². The summed E-state index contributed by atoms with van der Waals surface area (Å²) in [7, 11) is -4.28. The van der Waals surface area contributed by atoms with E-state index in [-0.39, 0.29) is 40.5 Å². The molecule has 4 aromatic rings. The summed E-state index contributed by atoms with van der Waals surface area (Å²) in [6.45, 7) is 4.97. The van der Waals surface area contributed by atoms with Crippen LogP contribution in [0.5, 0.6) is 0 Å². The van der Waals surface area contributed by atoms with Gasteiger partial charge in [0.2, 0.25) is 11.8 Å². The van der Waals surface area contributed by atoms with Crippen molar-refractivity contribution in [1.82, 2.24) is 10.2 Å². The Labute approximate surface area is 286 Å². The van der Waals surface area contributed by atoms with E-state index in [2.05, 4.69) is 5.32 Å². The quantitative estimate of drug-likeness (QED) is 0.155. The van der Waals surface area contributed by atoms with Crippen LogP contribution in [0, 0.1) is 6.92 Å². The molecule has 0 bridgehead atoms. The Balaban J connectivity index is 1.84. The molecular weight excluding hydrogens is 665 g/mol. The van der Waals surface area contributed by atoms with Crippen molar-refractivity contribution in [2.45, 2.75) is 57.1 Å². The average Bonchev–Trinajstić information content (AvgIpc) is 3.03. The smallest absolute Gasteiger partial charge is 0.264 e. The zero-order valence-corrected chi connectivity index (χ0v) is 28.9. The molecule has 242 valence electrons. The molecule has 0 fully saturated rings. The molecule has 0 unspecified atom stereocenters. The molecule has 2 amide bonds. The monoisotopic (exact) mass is 699 g/mol. The van der Waals surface area contributed by atoms with Crippen LogP contribution in [0.1, 0.15) is 37.0 Å². The van der Waals surface area contributed by atoms with E-state index in [1.54, 1.807) is 54.6 Å². The predicted molar refractivity (Wildman–Crippen MR) is 186 cm³/mol. The second-order valence-electron chi connectivity index (χ2n) is 11.1. The highest BCUT2D eigenvalue weighted by atomic mass is 35.5. The fourth-order valence-electron chi connectivity index (χ4n) is 4.83. The number of carbonyl (C=O) groups is 2. The number of hydrogen-bond acceptors (Lipinski definition) is 4. The van der Waals surface area contributed by atoms with Crippen LogP contribution in [-0.4, -0.2) is 43.8 Å². The van der Waals surface area contributed by atoms with Crippen LogP contribution in [0.2, 0.25) is 15.1 Å². The van der Waals surface area contributed by atoms with Gasteiger partial charge in [-0.3, -0.25) is 13.9 Å². The normalized spacial score (nSPS) is 12.7. The summed E-state index contributed by atoms with van der Waals surface area (Å²) in [5, 5.41) is 3.88. The van der Waals surface area contributed by atoms with Crippen molar-refractivity contribution < 1.29 is 18.0 Å². The van der Waals surface area contributed by atoms with E-state index in [9.17, 15) is 18.0 Å². The number of halogens is 3. The van der Waals surface area contributed by atoms with Crippen molar-refractivity contribution in [3.8, 4) is 0 Å². The van der Waals surface area contributed by atoms with Gasteiger partial charge in [0.1, 0.15) is 12.6 Å². The number of carbonyl (C=O) groups excluding carboxylic acids is 2. The molecule has 46 heavy (non-hydrogen) atoms. The van der Waals surface area contributed by atoms with Gasteiger partial charge in [0.15, 0.2) is 0 Å². The van der Waals surface area contributed by atoms with Crippen LogP contribution in [-0.2, 0) is 32.6 Å². The van der Waals surface area contributed by atoms with E-state index in [0.717, 1.165) is 15.4 Å². The Morgan fingerprint density at radius 1 is 0.848 bits per heavy atom. The fraction of sp³-hybridized carbons (Fsp3) is 0.257. The number of anilines is 1. The van der Waals surface area contributed by atoms with Crippen molar-refractivity contribution in [2.24, 2.45) is 0 Å². The van der Waals surface area contributed by atoms with Crippen molar-refractivity contribution in [2.75, 3.05) is 10.8 Å². The lowest BCUT2D eigenvalue weighted by Gasteiger charge is -2.34. The number of nitrogens with zero attached hydrogens (tertiary/aromatic N) is 2. The lowest BCUT2D eigenvalue weighted by atomic mass is 10.0. The molecule has 7 nitrogen and oxygen atoms in total. The third kappa shape index (κ3) is 8.82. The first-order valence-electron chi connectivity index (χ1n) is 14.8. The summed E-state index contributed by atoms with van der Waals surface area (Å²) in [5.74, 6) is -0.996. The van der Waals surface area contributed by atoms with E-state index < -0.39 is 28.5 Å². The van der Waals surface area contributed by atoms with Gasteiger partial charge in [0, 0.05) is 29.1 Å². The minimum atomic E-state index is -4.28. The predicted octanol–water partition coefficient (Wildman–Crippen LogP) is 7.71. The maximum atomic E-state index is 14.6. The minimum absolute atomic E-state index is 0.00605. The van der Waals surface area contributed by atoms with Gasteiger partial charge in [-0.25, -0.2) is 8.42 Å². The summed E-state index contributed by atoms with van der Waals surface area (Å²) in [6, 6.07) is 25.8. The van der Waals surface area contributed by atoms with Crippen LogP contribution in [0.25, 0.3) is 0 Å². The highest BCUT2D eigenvalue weighted by molar-refractivity contribution is 7.92. The van der Waals surface area contributed by atoms with Gasteiger partial charge in [-0.1, -0.05) is 108 Å². The summed E-state index contributed by atoms with van der Waals surface area (Å²) >= 11 is 19.3. The van der Waals surface area contributed by atoms with Gasteiger partial charge >= 0.3 is 0 Å². The van der Waals surface area contributed by atoms with Crippen LogP contribution < -0.4 is 9.62 Å². The third-order valence-electron chi connectivity index (χ3n) is 7.64. The molecule has 0 aliphatic carbocycles. The Morgan fingerprint density at radius 3 is 2.13 bits per heavy atom. The molecule has 2 atom stereocenters. The van der Waals surface area contributed by atoms with E-state index >= 15 is 0 Å². The van der Waals surface area contributed by atoms with Gasteiger partial charge in [-0.15, -0.1) is 0 Å². The standard InChI is InChI=1S/C35H36Cl3N3O4S/c1-4-25(3)39-35(43)33(20-26-10-6-5-7-11-26)40(22-27-16-17-28(36)21-31(27)38)34(42)23-41(32-13-9-8-12-30(32)37)46(44,45)29-18-14-24(2)15-19-29/h5-19,21,25,33H,4,20,22-23H2,1-3H3,(H,39,43)/t25-,33+/m0/s1. The largest absolute Gasteiger partial charge is 0.352 e. The molecule has 1 N–H and O–H groups in total. The molecule has 4 aromatic carbocycles. The van der Waals surface area contributed by atoms with Crippen molar-refractivity contribution >= 4 is 62.3 Å². The van der Waals surface area contributed by atoms with E-state index in [1.807, 2.05) is 51.1 Å². The van der Waals surface area contributed by atoms with Crippen LogP contribution in [0.4, 0.5) is 5.69 Å². The molecular formula is C35H36Cl3N3O4S. The van der Waals surface area contributed by atoms with E-state index in [1.165, 1.54) is 17.0 Å². The highest BCUT2D eigenvalue weighted by Crippen LogP contribution is 2.31. The number of hydrogen-bond donors (Lipinski definition) is 1. The second-order valence-corrected chi connectivity index (χ2v) is 14.2. The van der Waals surface area contributed by atoms with Gasteiger partial charge in [-0.05, 0) is 67.8 Å². The molecule has 0 radical (unpaired) electrons. The minimum Gasteiger partial charge on any atom is -0.352 e. The van der Waals surface area contributed by atoms with E-state index in [4.69, 9.17) is 34.8 Å². The first-order chi connectivity index (χ1) is 21.9. The topological polar surface area (TPSA) is 86.8 Å². The first-order valence-corrected chi connectivity index (χ1v) is 17.4. The summed E-state index contributed by atoms with van der Waals surface area (Å²) < 4.78 is 29.3. The number of benzene rings is 4. The Morgan fingerprint density at radius 2 is 1.50 bits per heavy atom. The first kappa shape index (κ1) is 35.3.